The predicted molar refractivity (Wildman–Crippen MR) is 109 cm³/mol. The van der Waals surface area contributed by atoms with Gasteiger partial charge in [0.25, 0.3) is 0 Å². The third kappa shape index (κ3) is 4.59. The fourth-order valence-electron chi connectivity index (χ4n) is 2.41. The molecular weight excluding hydrogens is 427 g/mol. The van der Waals surface area contributed by atoms with Crippen LogP contribution in [0.25, 0.3) is 11.1 Å². The van der Waals surface area contributed by atoms with Crippen LogP contribution in [0, 0.1) is 0 Å². The fourth-order valence-corrected chi connectivity index (χ4v) is 3.09. The first-order valence-electron chi connectivity index (χ1n) is 7.91. The number of anilines is 1. The second-order valence-electron chi connectivity index (χ2n) is 5.64. The molecular formula is C19H13Cl3N2O4. The minimum Gasteiger partial charge on any atom is -0.507 e. The first-order valence-corrected chi connectivity index (χ1v) is 9.05. The number of halogens is 3. The molecule has 3 rings (SSSR count). The Kier molecular flexibility index (Phi) is 6.14. The molecule has 2 aromatic carbocycles. The number of hydrogen-bond acceptors (Lipinski definition) is 5. The highest BCUT2D eigenvalue weighted by atomic mass is 35.5. The second kappa shape index (κ2) is 8.56. The number of rotatable bonds is 6. The summed E-state index contributed by atoms with van der Waals surface area (Å²) in [5.41, 5.74) is 1.21. The number of benzene rings is 2. The lowest BCUT2D eigenvalue weighted by Crippen LogP contribution is -2.13. The van der Waals surface area contributed by atoms with Crippen molar-refractivity contribution in [2.24, 2.45) is 0 Å². The molecule has 0 aliphatic carbocycles. The number of carbonyl (C=O) groups is 1. The van der Waals surface area contributed by atoms with Crippen LogP contribution < -0.4 is 10.1 Å². The van der Waals surface area contributed by atoms with E-state index in [0.717, 1.165) is 0 Å². The third-order valence-corrected chi connectivity index (χ3v) is 4.52. The van der Waals surface area contributed by atoms with Crippen LogP contribution in [-0.2, 0) is 4.79 Å². The number of phenols is 1. The van der Waals surface area contributed by atoms with Gasteiger partial charge in [0.05, 0.1) is 6.20 Å². The topological polar surface area (TPSA) is 91.7 Å². The van der Waals surface area contributed by atoms with Crippen molar-refractivity contribution in [1.82, 2.24) is 4.98 Å². The van der Waals surface area contributed by atoms with Crippen LogP contribution in [0.1, 0.15) is 0 Å². The Labute approximate surface area is 175 Å². The third-order valence-electron chi connectivity index (χ3n) is 3.66. The summed E-state index contributed by atoms with van der Waals surface area (Å²) < 4.78 is 5.80. The summed E-state index contributed by atoms with van der Waals surface area (Å²) in [5.74, 6) is -0.441. The SMILES string of the molecule is O=C(O)CNc1ncc(Cl)c(Oc2ccc(O)c(-c3cccc(Cl)c3)c2)c1Cl. The molecule has 0 spiro atoms. The average Bonchev–Trinajstić information content (AvgIpc) is 2.65. The van der Waals surface area contributed by atoms with E-state index in [-0.39, 0.29) is 33.9 Å². The van der Waals surface area contributed by atoms with E-state index in [9.17, 15) is 9.90 Å². The van der Waals surface area contributed by atoms with Gasteiger partial charge < -0.3 is 20.3 Å². The molecule has 0 unspecified atom stereocenters. The molecule has 0 aliphatic rings. The molecule has 0 atom stereocenters. The van der Waals surface area contributed by atoms with Gasteiger partial charge in [-0.3, -0.25) is 4.79 Å². The maximum Gasteiger partial charge on any atom is 0.322 e. The van der Waals surface area contributed by atoms with Crippen LogP contribution in [0.15, 0.2) is 48.7 Å². The van der Waals surface area contributed by atoms with E-state index in [1.165, 1.54) is 12.3 Å². The van der Waals surface area contributed by atoms with Gasteiger partial charge in [-0.05, 0) is 35.9 Å². The highest BCUT2D eigenvalue weighted by Gasteiger charge is 2.16. The molecule has 3 N–H and O–H groups in total. The number of nitrogens with one attached hydrogen (secondary N) is 1. The number of phenolic OH excluding ortho intramolecular Hbond substituents is 1. The van der Waals surface area contributed by atoms with E-state index in [1.54, 1.807) is 36.4 Å². The number of carboxylic acid groups (broad SMARTS) is 1. The van der Waals surface area contributed by atoms with Crippen LogP contribution >= 0.6 is 34.8 Å². The van der Waals surface area contributed by atoms with Crippen LogP contribution in [0.4, 0.5) is 5.82 Å². The highest BCUT2D eigenvalue weighted by molar-refractivity contribution is 6.38. The lowest BCUT2D eigenvalue weighted by atomic mass is 10.0. The van der Waals surface area contributed by atoms with E-state index in [1.807, 2.05) is 0 Å². The molecule has 6 nitrogen and oxygen atoms in total. The monoisotopic (exact) mass is 438 g/mol. The van der Waals surface area contributed by atoms with E-state index in [2.05, 4.69) is 10.3 Å². The maximum atomic E-state index is 10.7. The first-order chi connectivity index (χ1) is 13.3. The van der Waals surface area contributed by atoms with Gasteiger partial charge in [-0.25, -0.2) is 4.98 Å². The van der Waals surface area contributed by atoms with Crippen molar-refractivity contribution in [1.29, 1.82) is 0 Å². The van der Waals surface area contributed by atoms with Gasteiger partial charge in [-0.1, -0.05) is 46.9 Å². The molecule has 0 radical (unpaired) electrons. The molecule has 144 valence electrons. The summed E-state index contributed by atoms with van der Waals surface area (Å²) in [6, 6.07) is 11.6. The smallest absolute Gasteiger partial charge is 0.322 e. The first kappa shape index (κ1) is 20.1. The summed E-state index contributed by atoms with van der Waals surface area (Å²) >= 11 is 18.4. The standard InChI is InChI=1S/C19H13Cl3N2O4/c20-11-3-1-2-10(6-11)13-7-12(4-5-15(13)25)28-18-14(21)8-23-19(17(18)22)24-9-16(26)27/h1-8,25H,9H2,(H,23,24)(H,26,27). The Morgan fingerprint density at radius 3 is 2.64 bits per heavy atom. The molecule has 0 saturated carbocycles. The van der Waals surface area contributed by atoms with Gasteiger partial charge in [-0.15, -0.1) is 0 Å². The predicted octanol–water partition coefficient (Wildman–Crippen LogP) is 5.70. The molecule has 0 amide bonds. The molecule has 28 heavy (non-hydrogen) atoms. The Hall–Kier alpha value is -2.67. The largest absolute Gasteiger partial charge is 0.507 e. The van der Waals surface area contributed by atoms with Crippen molar-refractivity contribution in [3.05, 3.63) is 63.7 Å². The molecule has 0 saturated heterocycles. The van der Waals surface area contributed by atoms with E-state index in [0.29, 0.717) is 21.9 Å². The molecule has 1 heterocycles. The molecule has 9 heteroatoms. The average molecular weight is 440 g/mol. The lowest BCUT2D eigenvalue weighted by molar-refractivity contribution is -0.134. The van der Waals surface area contributed by atoms with Crippen molar-refractivity contribution in [2.75, 3.05) is 11.9 Å². The Bertz CT molecular complexity index is 1040. The molecule has 0 fully saturated rings. The van der Waals surface area contributed by atoms with Crippen molar-refractivity contribution in [3.63, 3.8) is 0 Å². The molecule has 0 aliphatic heterocycles. The highest BCUT2D eigenvalue weighted by Crippen LogP contribution is 2.41. The van der Waals surface area contributed by atoms with Crippen LogP contribution in [-0.4, -0.2) is 27.7 Å². The van der Waals surface area contributed by atoms with Gasteiger partial charge in [0, 0.05) is 10.6 Å². The number of aliphatic carboxylic acids is 1. The summed E-state index contributed by atoms with van der Waals surface area (Å²) in [7, 11) is 0. The van der Waals surface area contributed by atoms with Gasteiger partial charge in [0.2, 0.25) is 0 Å². The van der Waals surface area contributed by atoms with E-state index < -0.39 is 5.97 Å². The molecule has 1 aromatic heterocycles. The number of pyridine rings is 1. The number of hydrogen-bond donors (Lipinski definition) is 3. The number of aromatic nitrogens is 1. The van der Waals surface area contributed by atoms with Gasteiger partial charge >= 0.3 is 5.97 Å². The Morgan fingerprint density at radius 2 is 1.93 bits per heavy atom. The van der Waals surface area contributed by atoms with Crippen LogP contribution in [0.2, 0.25) is 15.1 Å². The number of ether oxygens (including phenoxy) is 1. The molecule has 0 bridgehead atoms. The minimum atomic E-state index is -1.07. The number of nitrogens with zero attached hydrogens (tertiary/aromatic N) is 1. The minimum absolute atomic E-state index is 0.0335. The quantitative estimate of drug-likeness (QED) is 0.456. The Balaban J connectivity index is 1.95. The van der Waals surface area contributed by atoms with Crippen LogP contribution in [0.5, 0.6) is 17.2 Å². The van der Waals surface area contributed by atoms with Gasteiger partial charge in [0.15, 0.2) is 5.75 Å². The van der Waals surface area contributed by atoms with Gasteiger partial charge in [0.1, 0.15) is 33.9 Å². The zero-order valence-electron chi connectivity index (χ0n) is 14.1. The fraction of sp³-hybridized carbons (Fsp3) is 0.0526. The van der Waals surface area contributed by atoms with Crippen molar-refractivity contribution in [2.45, 2.75) is 0 Å². The van der Waals surface area contributed by atoms with Crippen molar-refractivity contribution in [3.8, 4) is 28.4 Å². The summed E-state index contributed by atoms with van der Waals surface area (Å²) in [6.07, 6.45) is 1.30. The van der Waals surface area contributed by atoms with E-state index in [4.69, 9.17) is 44.6 Å². The normalized spacial score (nSPS) is 10.5. The van der Waals surface area contributed by atoms with E-state index >= 15 is 0 Å². The zero-order valence-corrected chi connectivity index (χ0v) is 16.4. The lowest BCUT2D eigenvalue weighted by Gasteiger charge is -2.14. The summed E-state index contributed by atoms with van der Waals surface area (Å²) in [6.45, 7) is -0.369. The summed E-state index contributed by atoms with van der Waals surface area (Å²) in [5, 5.41) is 22.3. The second-order valence-corrected chi connectivity index (χ2v) is 6.86. The van der Waals surface area contributed by atoms with Crippen molar-refractivity contribution >= 4 is 46.6 Å². The molecule has 3 aromatic rings. The zero-order chi connectivity index (χ0) is 20.3. The number of carboxylic acids is 1. The maximum absolute atomic E-state index is 10.7. The summed E-state index contributed by atoms with van der Waals surface area (Å²) in [4.78, 5) is 14.7. The van der Waals surface area contributed by atoms with Gasteiger partial charge in [-0.2, -0.15) is 0 Å². The number of aromatic hydroxyl groups is 1. The van der Waals surface area contributed by atoms with Crippen molar-refractivity contribution < 1.29 is 19.7 Å². The van der Waals surface area contributed by atoms with Crippen LogP contribution in [0.3, 0.4) is 0 Å². The Morgan fingerprint density at radius 1 is 1.14 bits per heavy atom.